The van der Waals surface area contributed by atoms with Crippen molar-refractivity contribution < 1.29 is 17.6 Å². The summed E-state index contributed by atoms with van der Waals surface area (Å²) in [5, 5.41) is 7.67. The predicted octanol–water partition coefficient (Wildman–Crippen LogP) is 2.05. The smallest absolute Gasteiger partial charge is 0.291 e. The molecule has 0 aliphatic heterocycles. The highest BCUT2D eigenvalue weighted by molar-refractivity contribution is 7.89. The van der Waals surface area contributed by atoms with Crippen LogP contribution in [0.3, 0.4) is 0 Å². The van der Waals surface area contributed by atoms with Gasteiger partial charge >= 0.3 is 0 Å². The van der Waals surface area contributed by atoms with Crippen LogP contribution in [0.25, 0.3) is 0 Å². The highest BCUT2D eigenvalue weighted by atomic mass is 32.2. The monoisotopic (exact) mass is 308 g/mol. The second-order valence-electron chi connectivity index (χ2n) is 4.58. The van der Waals surface area contributed by atoms with Gasteiger partial charge in [0.05, 0.1) is 0 Å². The topological polar surface area (TPSA) is 102 Å². The van der Waals surface area contributed by atoms with Gasteiger partial charge in [-0.05, 0) is 31.0 Å². The van der Waals surface area contributed by atoms with Crippen LogP contribution in [0.1, 0.15) is 28.8 Å². The maximum absolute atomic E-state index is 12.0. The van der Waals surface area contributed by atoms with Crippen LogP contribution in [0, 0.1) is 6.92 Å². The molecule has 2 rings (SSSR count). The maximum atomic E-state index is 12.0. The molecule has 1 amide bonds. The molecule has 0 spiro atoms. The summed E-state index contributed by atoms with van der Waals surface area (Å²) in [6.07, 6.45) is 0.906. The number of primary sulfonamides is 1. The second kappa shape index (κ2) is 5.71. The van der Waals surface area contributed by atoms with Crippen molar-refractivity contribution in [1.82, 2.24) is 0 Å². The first-order chi connectivity index (χ1) is 9.81. The Bertz CT molecular complexity index is 761. The van der Waals surface area contributed by atoms with Gasteiger partial charge in [0, 0.05) is 11.8 Å². The summed E-state index contributed by atoms with van der Waals surface area (Å²) in [6.45, 7) is 3.47. The Labute approximate surface area is 123 Å². The highest BCUT2D eigenvalue weighted by Gasteiger charge is 2.21. The van der Waals surface area contributed by atoms with Crippen molar-refractivity contribution in [1.29, 1.82) is 0 Å². The number of furan rings is 1. The van der Waals surface area contributed by atoms with Crippen molar-refractivity contribution in [3.05, 3.63) is 47.4 Å². The highest BCUT2D eigenvalue weighted by Crippen LogP contribution is 2.20. The van der Waals surface area contributed by atoms with E-state index in [0.29, 0.717) is 5.69 Å². The van der Waals surface area contributed by atoms with Gasteiger partial charge in [-0.1, -0.05) is 19.1 Å². The summed E-state index contributed by atoms with van der Waals surface area (Å²) in [6, 6.07) is 8.47. The summed E-state index contributed by atoms with van der Waals surface area (Å²) in [5.41, 5.74) is 1.75. The minimum atomic E-state index is -3.90. The van der Waals surface area contributed by atoms with Crippen molar-refractivity contribution >= 4 is 21.6 Å². The van der Waals surface area contributed by atoms with Gasteiger partial charge in [0.25, 0.3) is 5.91 Å². The number of sulfonamides is 1. The number of amides is 1. The van der Waals surface area contributed by atoms with Gasteiger partial charge in [0.15, 0.2) is 5.76 Å². The lowest BCUT2D eigenvalue weighted by molar-refractivity contribution is 0.0995. The number of carbonyl (C=O) groups excluding carboxylic acids is 1. The van der Waals surface area contributed by atoms with Crippen LogP contribution in [0.15, 0.2) is 39.6 Å². The molecule has 0 unspecified atom stereocenters. The van der Waals surface area contributed by atoms with E-state index in [-0.39, 0.29) is 16.4 Å². The second-order valence-corrected chi connectivity index (χ2v) is 6.11. The number of nitrogens with one attached hydrogen (secondary N) is 1. The third-order valence-corrected chi connectivity index (χ3v) is 4.04. The summed E-state index contributed by atoms with van der Waals surface area (Å²) in [7, 11) is -3.90. The molecule has 21 heavy (non-hydrogen) atoms. The van der Waals surface area contributed by atoms with Crippen LogP contribution in [-0.4, -0.2) is 14.3 Å². The number of carbonyl (C=O) groups is 1. The van der Waals surface area contributed by atoms with Gasteiger partial charge in [0.1, 0.15) is 10.7 Å². The molecule has 1 aromatic heterocycles. The Morgan fingerprint density at radius 2 is 1.90 bits per heavy atom. The molecular formula is C14H16N2O4S. The fourth-order valence-electron chi connectivity index (χ4n) is 1.88. The molecule has 3 N–H and O–H groups in total. The normalized spacial score (nSPS) is 11.4. The maximum Gasteiger partial charge on any atom is 0.291 e. The third-order valence-electron chi connectivity index (χ3n) is 3.02. The Morgan fingerprint density at radius 3 is 2.38 bits per heavy atom. The van der Waals surface area contributed by atoms with Crippen LogP contribution in [0.2, 0.25) is 0 Å². The van der Waals surface area contributed by atoms with Gasteiger partial charge in [-0.3, -0.25) is 4.79 Å². The first-order valence-corrected chi connectivity index (χ1v) is 7.89. The predicted molar refractivity (Wildman–Crippen MR) is 78.6 cm³/mol. The first kappa shape index (κ1) is 15.3. The van der Waals surface area contributed by atoms with E-state index >= 15 is 0 Å². The lowest BCUT2D eigenvalue weighted by atomic mass is 10.1. The summed E-state index contributed by atoms with van der Waals surface area (Å²) < 4.78 is 27.8. The molecule has 0 saturated carbocycles. The summed E-state index contributed by atoms with van der Waals surface area (Å²) in [4.78, 5) is 11.8. The standard InChI is InChI=1S/C14H16N2O4S/c1-3-10-4-6-11(7-5-10)16-14(17)12-8-13(9(2)20-12)21(15,18)19/h4-8H,3H2,1-2H3,(H,16,17)(H2,15,18,19). The molecule has 0 atom stereocenters. The molecule has 1 aromatic carbocycles. The van der Waals surface area contributed by atoms with Gasteiger partial charge in [0.2, 0.25) is 10.0 Å². The van der Waals surface area contributed by atoms with Gasteiger partial charge in [-0.25, -0.2) is 13.6 Å². The Hall–Kier alpha value is -2.12. The van der Waals surface area contributed by atoms with E-state index in [1.807, 2.05) is 19.1 Å². The molecule has 0 saturated heterocycles. The average Bonchev–Trinajstić information content (AvgIpc) is 2.82. The largest absolute Gasteiger partial charge is 0.455 e. The Kier molecular flexibility index (Phi) is 4.15. The molecular weight excluding hydrogens is 292 g/mol. The SMILES string of the molecule is CCc1ccc(NC(=O)c2cc(S(N)(=O)=O)c(C)o2)cc1. The third kappa shape index (κ3) is 3.50. The van der Waals surface area contributed by atoms with Crippen LogP contribution >= 0.6 is 0 Å². The summed E-state index contributed by atoms with van der Waals surface area (Å²) >= 11 is 0. The van der Waals surface area contributed by atoms with E-state index in [0.717, 1.165) is 18.1 Å². The number of benzene rings is 1. The lowest BCUT2D eigenvalue weighted by Gasteiger charge is -2.03. The number of nitrogens with two attached hydrogens (primary N) is 1. The van der Waals surface area contributed by atoms with Crippen molar-refractivity contribution in [2.24, 2.45) is 5.14 Å². The minimum Gasteiger partial charge on any atom is -0.455 e. The van der Waals surface area contributed by atoms with E-state index in [4.69, 9.17) is 9.56 Å². The summed E-state index contributed by atoms with van der Waals surface area (Å²) in [5.74, 6) is -0.544. The fourth-order valence-corrected chi connectivity index (χ4v) is 2.59. The Balaban J connectivity index is 2.20. The van der Waals surface area contributed by atoms with Gasteiger partial charge in [-0.15, -0.1) is 0 Å². The van der Waals surface area contributed by atoms with Gasteiger partial charge in [-0.2, -0.15) is 0 Å². The van der Waals surface area contributed by atoms with Crippen LogP contribution in [0.4, 0.5) is 5.69 Å². The molecule has 7 heteroatoms. The van der Waals surface area contributed by atoms with Crippen molar-refractivity contribution in [3.8, 4) is 0 Å². The number of hydrogen-bond donors (Lipinski definition) is 2. The van der Waals surface area contributed by atoms with Crippen molar-refractivity contribution in [3.63, 3.8) is 0 Å². The quantitative estimate of drug-likeness (QED) is 0.902. The van der Waals surface area contributed by atoms with E-state index in [9.17, 15) is 13.2 Å². The zero-order chi connectivity index (χ0) is 15.6. The van der Waals surface area contributed by atoms with Crippen LogP contribution < -0.4 is 10.5 Å². The molecule has 2 aromatic rings. The Morgan fingerprint density at radius 1 is 1.29 bits per heavy atom. The minimum absolute atomic E-state index is 0.0870. The molecule has 0 aliphatic rings. The lowest BCUT2D eigenvalue weighted by Crippen LogP contribution is -2.13. The molecule has 0 radical (unpaired) electrons. The van der Waals surface area contributed by atoms with Crippen molar-refractivity contribution in [2.75, 3.05) is 5.32 Å². The zero-order valence-corrected chi connectivity index (χ0v) is 12.5. The average molecular weight is 308 g/mol. The number of hydrogen-bond acceptors (Lipinski definition) is 4. The van der Waals surface area contributed by atoms with E-state index in [2.05, 4.69) is 5.32 Å². The number of rotatable bonds is 4. The molecule has 112 valence electrons. The van der Waals surface area contributed by atoms with Gasteiger partial charge < -0.3 is 9.73 Å². The van der Waals surface area contributed by atoms with Crippen molar-refractivity contribution in [2.45, 2.75) is 25.2 Å². The molecule has 1 heterocycles. The molecule has 0 bridgehead atoms. The van der Waals surface area contributed by atoms with Crippen LogP contribution in [0.5, 0.6) is 0 Å². The van der Waals surface area contributed by atoms with E-state index < -0.39 is 15.9 Å². The fraction of sp³-hybridized carbons (Fsp3) is 0.214. The first-order valence-electron chi connectivity index (χ1n) is 6.34. The number of aryl methyl sites for hydroxylation is 2. The zero-order valence-electron chi connectivity index (χ0n) is 11.7. The van der Waals surface area contributed by atoms with E-state index in [1.54, 1.807) is 12.1 Å². The molecule has 0 fully saturated rings. The van der Waals surface area contributed by atoms with Crippen LogP contribution in [-0.2, 0) is 16.4 Å². The number of anilines is 1. The van der Waals surface area contributed by atoms with E-state index in [1.165, 1.54) is 6.92 Å². The molecule has 0 aliphatic carbocycles. The molecule has 6 nitrogen and oxygen atoms in total.